The van der Waals surface area contributed by atoms with E-state index in [9.17, 15) is 0 Å². The average molecular weight is 343 g/mol. The zero-order chi connectivity index (χ0) is 18.8. The Kier molecular flexibility index (Phi) is 7.47. The van der Waals surface area contributed by atoms with E-state index in [2.05, 4.69) is 64.0 Å². The fraction of sp³-hybridized carbons (Fsp3) is 0.304. The predicted octanol–water partition coefficient (Wildman–Crippen LogP) is 5.98. The van der Waals surface area contributed by atoms with Crippen LogP contribution in [-0.2, 0) is 6.42 Å². The van der Waals surface area contributed by atoms with E-state index in [1.165, 1.54) is 17.7 Å². The van der Waals surface area contributed by atoms with E-state index in [0.29, 0.717) is 0 Å². The second kappa shape index (κ2) is 10.1. The lowest BCUT2D eigenvalue weighted by Gasteiger charge is -2.25. The molecule has 2 rings (SSSR count). The molecule has 2 aromatic carbocycles. The van der Waals surface area contributed by atoms with Gasteiger partial charge in [0.05, 0.1) is 0 Å². The van der Waals surface area contributed by atoms with Gasteiger partial charge in [-0.2, -0.15) is 9.69 Å². The SMILES string of the molecule is [C-]#[N+]C(=Cc1ccc(N(CCCC)CCc2ccccc2)cc1C)[N+]#[C-]. The third-order valence-corrected chi connectivity index (χ3v) is 4.43. The highest BCUT2D eigenvalue weighted by atomic mass is 15.1. The molecule has 0 unspecified atom stereocenters. The second-order valence-electron chi connectivity index (χ2n) is 6.34. The van der Waals surface area contributed by atoms with Crippen LogP contribution in [0.25, 0.3) is 15.8 Å². The van der Waals surface area contributed by atoms with Crippen molar-refractivity contribution < 1.29 is 0 Å². The first-order valence-corrected chi connectivity index (χ1v) is 9.04. The molecule has 0 aliphatic carbocycles. The number of anilines is 1. The molecule has 0 amide bonds. The zero-order valence-electron chi connectivity index (χ0n) is 15.6. The summed E-state index contributed by atoms with van der Waals surface area (Å²) in [5, 5.41) is 0. The monoisotopic (exact) mass is 343 g/mol. The lowest BCUT2D eigenvalue weighted by Crippen LogP contribution is -2.27. The standard InChI is InChI=1S/C23H25N3/c1-5-6-15-26(16-14-20-10-8-7-9-11-20)22-13-12-21(19(2)17-22)18-23(24-3)25-4/h7-13,17-18H,5-6,14-16H2,1-2H3. The van der Waals surface area contributed by atoms with E-state index < -0.39 is 0 Å². The van der Waals surface area contributed by atoms with Crippen molar-refractivity contribution in [2.75, 3.05) is 18.0 Å². The van der Waals surface area contributed by atoms with Gasteiger partial charge in [-0.15, -0.1) is 0 Å². The van der Waals surface area contributed by atoms with Gasteiger partial charge in [-0.05, 0) is 48.6 Å². The molecule has 3 nitrogen and oxygen atoms in total. The summed E-state index contributed by atoms with van der Waals surface area (Å²) in [5.41, 5.74) is 4.59. The number of hydrogen-bond acceptors (Lipinski definition) is 1. The maximum absolute atomic E-state index is 7.04. The van der Waals surface area contributed by atoms with Crippen LogP contribution in [0.15, 0.2) is 54.4 Å². The zero-order valence-corrected chi connectivity index (χ0v) is 15.6. The van der Waals surface area contributed by atoms with Crippen molar-refractivity contribution in [3.63, 3.8) is 0 Å². The van der Waals surface area contributed by atoms with Crippen LogP contribution in [-0.4, -0.2) is 13.1 Å². The van der Waals surface area contributed by atoms with Gasteiger partial charge in [0.15, 0.2) is 0 Å². The molecule has 2 aromatic rings. The minimum Gasteiger partial charge on any atom is -0.371 e. The van der Waals surface area contributed by atoms with Crippen LogP contribution in [0.2, 0.25) is 0 Å². The van der Waals surface area contributed by atoms with Crippen molar-refractivity contribution in [2.45, 2.75) is 33.1 Å². The number of unbranched alkanes of at least 4 members (excludes halogenated alkanes) is 1. The van der Waals surface area contributed by atoms with Crippen molar-refractivity contribution in [2.24, 2.45) is 0 Å². The predicted molar refractivity (Wildman–Crippen MR) is 110 cm³/mol. The van der Waals surface area contributed by atoms with Crippen molar-refractivity contribution in [3.8, 4) is 0 Å². The van der Waals surface area contributed by atoms with Crippen LogP contribution < -0.4 is 4.90 Å². The van der Waals surface area contributed by atoms with E-state index >= 15 is 0 Å². The van der Waals surface area contributed by atoms with Gasteiger partial charge in [-0.25, -0.2) is 0 Å². The molecule has 26 heavy (non-hydrogen) atoms. The van der Waals surface area contributed by atoms with Gasteiger partial charge in [-0.3, -0.25) is 0 Å². The van der Waals surface area contributed by atoms with Crippen LogP contribution in [0.5, 0.6) is 0 Å². The molecule has 0 radical (unpaired) electrons. The summed E-state index contributed by atoms with van der Waals surface area (Å²) in [7, 11) is 0. The number of hydrogen-bond donors (Lipinski definition) is 0. The van der Waals surface area contributed by atoms with Crippen LogP contribution in [0.1, 0.15) is 36.5 Å². The van der Waals surface area contributed by atoms with E-state index in [-0.39, 0.29) is 5.82 Å². The Labute approximate surface area is 157 Å². The first kappa shape index (κ1) is 19.3. The third-order valence-electron chi connectivity index (χ3n) is 4.43. The topological polar surface area (TPSA) is 12.0 Å². The third kappa shape index (κ3) is 5.50. The normalized spacial score (nSPS) is 9.85. The Morgan fingerprint density at radius 3 is 2.38 bits per heavy atom. The molecule has 0 aromatic heterocycles. The quantitative estimate of drug-likeness (QED) is 0.537. The minimum absolute atomic E-state index is 0.104. The Balaban J connectivity index is 2.19. The van der Waals surface area contributed by atoms with Crippen molar-refractivity contribution in [3.05, 3.63) is 93.9 Å². The molecule has 0 saturated carbocycles. The molecule has 0 bridgehead atoms. The summed E-state index contributed by atoms with van der Waals surface area (Å²) in [5.74, 6) is 0.104. The molecule has 0 spiro atoms. The molecule has 0 heterocycles. The van der Waals surface area contributed by atoms with Gasteiger partial charge in [0.2, 0.25) is 0 Å². The number of aryl methyl sites for hydroxylation is 1. The van der Waals surface area contributed by atoms with Crippen LogP contribution >= 0.6 is 0 Å². The lowest BCUT2D eigenvalue weighted by molar-refractivity contribution is 0.711. The van der Waals surface area contributed by atoms with Gasteiger partial charge in [-0.1, -0.05) is 49.7 Å². The van der Waals surface area contributed by atoms with Gasteiger partial charge >= 0.3 is 5.82 Å². The molecular formula is C23H25N3. The molecule has 0 aliphatic heterocycles. The van der Waals surface area contributed by atoms with Crippen LogP contribution in [0.4, 0.5) is 5.69 Å². The number of nitrogens with zero attached hydrogens (tertiary/aromatic N) is 3. The number of rotatable bonds is 8. The van der Waals surface area contributed by atoms with Gasteiger partial charge < -0.3 is 4.90 Å². The molecule has 0 fully saturated rings. The molecule has 0 N–H and O–H groups in total. The summed E-state index contributed by atoms with van der Waals surface area (Å²) in [4.78, 5) is 8.93. The Bertz CT molecular complexity index is 807. The molecule has 132 valence electrons. The minimum atomic E-state index is 0.104. The molecule has 0 aliphatic rings. The maximum Gasteiger partial charge on any atom is 0.519 e. The molecule has 0 saturated heterocycles. The van der Waals surface area contributed by atoms with Gasteiger partial charge in [0.1, 0.15) is 13.1 Å². The molecule has 3 heteroatoms. The van der Waals surface area contributed by atoms with Crippen molar-refractivity contribution in [1.29, 1.82) is 0 Å². The van der Waals surface area contributed by atoms with E-state index in [1.807, 2.05) is 13.0 Å². The highest BCUT2D eigenvalue weighted by Crippen LogP contribution is 2.22. The second-order valence-corrected chi connectivity index (χ2v) is 6.34. The smallest absolute Gasteiger partial charge is 0.371 e. The number of benzene rings is 2. The molecular weight excluding hydrogens is 318 g/mol. The summed E-state index contributed by atoms with van der Waals surface area (Å²) in [6.07, 6.45) is 5.01. The lowest BCUT2D eigenvalue weighted by atomic mass is 10.1. The maximum atomic E-state index is 7.04. The van der Waals surface area contributed by atoms with Crippen LogP contribution in [0, 0.1) is 20.1 Å². The summed E-state index contributed by atoms with van der Waals surface area (Å²) < 4.78 is 0. The van der Waals surface area contributed by atoms with Crippen LogP contribution in [0.3, 0.4) is 0 Å². The van der Waals surface area contributed by atoms with Crippen molar-refractivity contribution in [1.82, 2.24) is 0 Å². The highest BCUT2D eigenvalue weighted by Gasteiger charge is 2.10. The first-order chi connectivity index (χ1) is 12.7. The van der Waals surface area contributed by atoms with Crippen molar-refractivity contribution >= 4 is 11.8 Å². The van der Waals surface area contributed by atoms with E-state index in [0.717, 1.165) is 37.1 Å². The van der Waals surface area contributed by atoms with Gasteiger partial charge in [0.25, 0.3) is 0 Å². The highest BCUT2D eigenvalue weighted by molar-refractivity contribution is 5.63. The first-order valence-electron chi connectivity index (χ1n) is 9.04. The Morgan fingerprint density at radius 1 is 1.04 bits per heavy atom. The van der Waals surface area contributed by atoms with E-state index in [1.54, 1.807) is 6.08 Å². The Morgan fingerprint density at radius 2 is 1.77 bits per heavy atom. The summed E-state index contributed by atoms with van der Waals surface area (Å²) in [6, 6.07) is 16.9. The van der Waals surface area contributed by atoms with Gasteiger partial charge in [0, 0.05) is 24.9 Å². The fourth-order valence-electron chi connectivity index (χ4n) is 2.87. The Hall–Kier alpha value is -3.04. The average Bonchev–Trinajstić information content (AvgIpc) is 2.68. The molecule has 0 atom stereocenters. The summed E-state index contributed by atoms with van der Waals surface area (Å²) >= 11 is 0. The fourth-order valence-corrected chi connectivity index (χ4v) is 2.87. The summed E-state index contributed by atoms with van der Waals surface area (Å²) in [6.45, 7) is 20.3. The van der Waals surface area contributed by atoms with E-state index in [4.69, 9.17) is 13.1 Å². The largest absolute Gasteiger partial charge is 0.519 e.